The van der Waals surface area contributed by atoms with Crippen LogP contribution in [0.3, 0.4) is 0 Å². The first-order chi connectivity index (χ1) is 9.53. The highest BCUT2D eigenvalue weighted by molar-refractivity contribution is 6.18. The number of carbonyl (C=O) groups excluding carboxylic acids is 2. The van der Waals surface area contributed by atoms with E-state index in [1.807, 2.05) is 12.2 Å². The van der Waals surface area contributed by atoms with E-state index in [-0.39, 0.29) is 11.9 Å². The lowest BCUT2D eigenvalue weighted by Crippen LogP contribution is -2.74. The second-order valence-corrected chi connectivity index (χ2v) is 5.80. The zero-order chi connectivity index (χ0) is 14.4. The van der Waals surface area contributed by atoms with Crippen LogP contribution in [-0.4, -0.2) is 28.9 Å². The van der Waals surface area contributed by atoms with Crippen LogP contribution in [-0.2, 0) is 14.3 Å². The van der Waals surface area contributed by atoms with Gasteiger partial charge in [0.15, 0.2) is 11.1 Å². The number of carbonyl (C=O) groups is 2. The summed E-state index contributed by atoms with van der Waals surface area (Å²) in [5, 5.41) is 2.83. The third-order valence-corrected chi connectivity index (χ3v) is 4.60. The summed E-state index contributed by atoms with van der Waals surface area (Å²) >= 11 is 5.76. The lowest BCUT2D eigenvalue weighted by atomic mass is 9.68. The molecule has 4 nitrogen and oxygen atoms in total. The van der Waals surface area contributed by atoms with Gasteiger partial charge in [-0.15, -0.1) is 11.6 Å². The number of amides is 1. The average molecular weight is 292 g/mol. The fourth-order valence-corrected chi connectivity index (χ4v) is 3.42. The van der Waals surface area contributed by atoms with Crippen LogP contribution in [0.15, 0.2) is 35.3 Å². The smallest absolute Gasteiger partial charge is 0.337 e. The minimum Gasteiger partial charge on any atom is -0.453 e. The Balaban J connectivity index is 1.96. The Morgan fingerprint density at radius 1 is 1.50 bits per heavy atom. The molecule has 5 heteroatoms. The van der Waals surface area contributed by atoms with Crippen molar-refractivity contribution in [1.82, 2.24) is 5.32 Å². The highest BCUT2D eigenvalue weighted by Gasteiger charge is 2.75. The van der Waals surface area contributed by atoms with E-state index in [0.29, 0.717) is 18.7 Å². The van der Waals surface area contributed by atoms with Crippen molar-refractivity contribution < 1.29 is 14.3 Å². The summed E-state index contributed by atoms with van der Waals surface area (Å²) in [5.41, 5.74) is 4.81. The molecule has 1 amide bonds. The van der Waals surface area contributed by atoms with Crippen LogP contribution in [0.2, 0.25) is 0 Å². The molecule has 2 heterocycles. The SMILES string of the molecule is C[C@@]12OC(=O)[C@]1(CC1=C=C=CC=C1)NC(=O)[C@@H]2CCCl. The first kappa shape index (κ1) is 13.3. The van der Waals surface area contributed by atoms with E-state index in [2.05, 4.69) is 16.8 Å². The Kier molecular flexibility index (Phi) is 2.91. The third-order valence-electron chi connectivity index (χ3n) is 4.38. The molecule has 104 valence electrons. The zero-order valence-electron chi connectivity index (χ0n) is 11.0. The Hall–Kier alpha value is -1.73. The van der Waals surface area contributed by atoms with E-state index >= 15 is 0 Å². The van der Waals surface area contributed by atoms with Crippen LogP contribution < -0.4 is 5.32 Å². The van der Waals surface area contributed by atoms with Gasteiger partial charge in [-0.1, -0.05) is 17.5 Å². The largest absolute Gasteiger partial charge is 0.453 e. The van der Waals surface area contributed by atoms with E-state index in [9.17, 15) is 9.59 Å². The Labute approximate surface area is 121 Å². The predicted octanol–water partition coefficient (Wildman–Crippen LogP) is 1.61. The summed E-state index contributed by atoms with van der Waals surface area (Å²) in [4.78, 5) is 24.2. The standard InChI is InChI=1S/C15H14ClNO3/c1-14-11(7-8-16)12(18)17-15(14,13(19)20-14)9-10-5-3-2-4-6-10/h2-3,5,11H,7-9H2,1H3,(H,17,18)/t11-,14-,15-/m0/s1. The second-order valence-electron chi connectivity index (χ2n) is 5.42. The minimum atomic E-state index is -0.994. The molecule has 0 aromatic carbocycles. The van der Waals surface area contributed by atoms with E-state index in [1.54, 1.807) is 13.0 Å². The average Bonchev–Trinajstić information content (AvgIpc) is 2.59. The van der Waals surface area contributed by atoms with Crippen LogP contribution >= 0.6 is 11.6 Å². The zero-order valence-corrected chi connectivity index (χ0v) is 11.8. The number of nitrogens with one attached hydrogen (secondary N) is 1. The van der Waals surface area contributed by atoms with Crippen LogP contribution in [0.1, 0.15) is 19.8 Å². The van der Waals surface area contributed by atoms with Gasteiger partial charge in [-0.25, -0.2) is 4.79 Å². The predicted molar refractivity (Wildman–Crippen MR) is 73.1 cm³/mol. The van der Waals surface area contributed by atoms with Crippen molar-refractivity contribution in [2.45, 2.75) is 30.9 Å². The summed E-state index contributed by atoms with van der Waals surface area (Å²) in [6.45, 7) is 1.80. The third kappa shape index (κ3) is 1.56. The van der Waals surface area contributed by atoms with Gasteiger partial charge in [-0.05, 0) is 25.5 Å². The molecule has 3 atom stereocenters. The molecule has 0 radical (unpaired) electrons. The molecule has 2 fully saturated rings. The van der Waals surface area contributed by atoms with Crippen molar-refractivity contribution in [3.8, 4) is 0 Å². The van der Waals surface area contributed by atoms with Gasteiger partial charge in [-0.3, -0.25) is 4.79 Å². The highest BCUT2D eigenvalue weighted by Crippen LogP contribution is 2.52. The maximum Gasteiger partial charge on any atom is 0.337 e. The van der Waals surface area contributed by atoms with E-state index in [0.717, 1.165) is 5.57 Å². The Morgan fingerprint density at radius 2 is 2.30 bits per heavy atom. The van der Waals surface area contributed by atoms with Gasteiger partial charge in [0.2, 0.25) is 5.91 Å². The van der Waals surface area contributed by atoms with Gasteiger partial charge in [0.05, 0.1) is 5.92 Å². The molecule has 3 aliphatic rings. The van der Waals surface area contributed by atoms with Crippen molar-refractivity contribution in [2.24, 2.45) is 5.92 Å². The summed E-state index contributed by atoms with van der Waals surface area (Å²) in [6.07, 6.45) is 6.28. The van der Waals surface area contributed by atoms with Crippen LogP contribution in [0.4, 0.5) is 0 Å². The molecular formula is C15H14ClNO3. The number of esters is 1. The molecule has 2 aliphatic heterocycles. The molecule has 1 aliphatic carbocycles. The van der Waals surface area contributed by atoms with Gasteiger partial charge in [0.1, 0.15) is 0 Å². The van der Waals surface area contributed by atoms with Crippen molar-refractivity contribution in [1.29, 1.82) is 0 Å². The van der Waals surface area contributed by atoms with Gasteiger partial charge in [0.25, 0.3) is 0 Å². The first-order valence-corrected chi connectivity index (χ1v) is 7.06. The number of ether oxygens (including phenoxy) is 1. The number of rotatable bonds is 4. The summed E-state index contributed by atoms with van der Waals surface area (Å²) in [5.74, 6) is -0.598. The number of alkyl halides is 1. The maximum atomic E-state index is 12.2. The van der Waals surface area contributed by atoms with Gasteiger partial charge < -0.3 is 10.1 Å². The second kappa shape index (κ2) is 4.39. The molecule has 2 saturated heterocycles. The molecule has 0 aromatic rings. The summed E-state index contributed by atoms with van der Waals surface area (Å²) in [6, 6.07) is 0. The fraction of sp³-hybridized carbons (Fsp3) is 0.467. The van der Waals surface area contributed by atoms with E-state index in [1.165, 1.54) is 0 Å². The van der Waals surface area contributed by atoms with Crippen molar-refractivity contribution in [3.63, 3.8) is 0 Å². The van der Waals surface area contributed by atoms with Crippen LogP contribution in [0, 0.1) is 5.92 Å². The normalized spacial score (nSPS) is 37.1. The number of fused-ring (bicyclic) bond motifs is 1. The molecule has 20 heavy (non-hydrogen) atoms. The van der Waals surface area contributed by atoms with Gasteiger partial charge >= 0.3 is 5.97 Å². The van der Waals surface area contributed by atoms with Crippen molar-refractivity contribution in [2.75, 3.05) is 5.88 Å². The maximum absolute atomic E-state index is 12.2. The minimum absolute atomic E-state index is 0.168. The summed E-state index contributed by atoms with van der Waals surface area (Å²) in [7, 11) is 0. The molecule has 3 rings (SSSR count). The number of allylic oxidation sites excluding steroid dienone is 3. The Morgan fingerprint density at radius 3 is 2.90 bits per heavy atom. The van der Waals surface area contributed by atoms with Gasteiger partial charge in [-0.2, -0.15) is 0 Å². The summed E-state index contributed by atoms with van der Waals surface area (Å²) < 4.78 is 5.36. The molecule has 0 aromatic heterocycles. The van der Waals surface area contributed by atoms with E-state index in [4.69, 9.17) is 16.3 Å². The highest BCUT2D eigenvalue weighted by atomic mass is 35.5. The lowest BCUT2D eigenvalue weighted by molar-refractivity contribution is -0.219. The molecule has 0 unspecified atom stereocenters. The van der Waals surface area contributed by atoms with Crippen LogP contribution in [0.5, 0.6) is 0 Å². The topological polar surface area (TPSA) is 55.4 Å². The first-order valence-electron chi connectivity index (χ1n) is 6.52. The van der Waals surface area contributed by atoms with Crippen molar-refractivity contribution in [3.05, 3.63) is 35.3 Å². The number of halogens is 1. The van der Waals surface area contributed by atoms with Gasteiger partial charge in [0, 0.05) is 17.9 Å². The number of hydrogen-bond acceptors (Lipinski definition) is 3. The van der Waals surface area contributed by atoms with Crippen LogP contribution in [0.25, 0.3) is 0 Å². The van der Waals surface area contributed by atoms with Crippen molar-refractivity contribution >= 4 is 23.5 Å². The Bertz CT molecular complexity index is 625. The monoisotopic (exact) mass is 291 g/mol. The quantitative estimate of drug-likeness (QED) is 0.486. The lowest BCUT2D eigenvalue weighted by Gasteiger charge is -2.51. The molecule has 0 bridgehead atoms. The fourth-order valence-electron chi connectivity index (χ4n) is 3.20. The van der Waals surface area contributed by atoms with E-state index < -0.39 is 17.1 Å². The molecule has 0 spiro atoms. The molecule has 1 N–H and O–H groups in total. The molecular weight excluding hydrogens is 278 g/mol. The number of hydrogen-bond donors (Lipinski definition) is 1. The molecule has 0 saturated carbocycles.